The van der Waals surface area contributed by atoms with Crippen LogP contribution in [0.3, 0.4) is 0 Å². The van der Waals surface area contributed by atoms with Crippen molar-refractivity contribution < 1.29 is 9.50 Å². The lowest BCUT2D eigenvalue weighted by Crippen LogP contribution is -2.46. The maximum absolute atomic E-state index is 13.1. The highest BCUT2D eigenvalue weighted by Crippen LogP contribution is 2.14. The summed E-state index contributed by atoms with van der Waals surface area (Å²) < 4.78 is 13.1. The van der Waals surface area contributed by atoms with E-state index in [9.17, 15) is 4.39 Å². The molecule has 0 atom stereocenters. The Hall–Kier alpha value is -1.50. The van der Waals surface area contributed by atoms with Crippen LogP contribution in [-0.2, 0) is 6.54 Å². The van der Waals surface area contributed by atoms with Gasteiger partial charge < -0.3 is 10.1 Å². The van der Waals surface area contributed by atoms with Crippen molar-refractivity contribution in [3.63, 3.8) is 0 Å². The van der Waals surface area contributed by atoms with Crippen LogP contribution in [-0.4, -0.2) is 64.2 Å². The molecule has 5 nitrogen and oxygen atoms in total. The lowest BCUT2D eigenvalue weighted by Gasteiger charge is -2.33. The minimum absolute atomic E-state index is 0.217. The topological polar surface area (TPSA) is 55.4 Å². The second-order valence-corrected chi connectivity index (χ2v) is 5.19. The Morgan fingerprint density at radius 3 is 2.70 bits per heavy atom. The number of fused-ring (bicyclic) bond motifs is 1. The SMILES string of the molecule is OCCN1CCN(Cc2nc3ccc(F)cc3[nH]2)CC1. The third-order valence-corrected chi connectivity index (χ3v) is 3.75. The van der Waals surface area contributed by atoms with Crippen LogP contribution in [0.5, 0.6) is 0 Å². The number of piperazine rings is 1. The van der Waals surface area contributed by atoms with Crippen molar-refractivity contribution in [2.75, 3.05) is 39.3 Å². The maximum atomic E-state index is 13.1. The van der Waals surface area contributed by atoms with Gasteiger partial charge in [0.2, 0.25) is 0 Å². The summed E-state index contributed by atoms with van der Waals surface area (Å²) in [5, 5.41) is 8.92. The minimum Gasteiger partial charge on any atom is -0.395 e. The molecule has 2 heterocycles. The van der Waals surface area contributed by atoms with Crippen LogP contribution in [0.15, 0.2) is 18.2 Å². The molecular weight excluding hydrogens is 259 g/mol. The zero-order valence-corrected chi connectivity index (χ0v) is 11.3. The van der Waals surface area contributed by atoms with Gasteiger partial charge in [0.05, 0.1) is 24.2 Å². The average molecular weight is 278 g/mol. The van der Waals surface area contributed by atoms with Crippen LogP contribution >= 0.6 is 0 Å². The molecule has 20 heavy (non-hydrogen) atoms. The van der Waals surface area contributed by atoms with E-state index in [0.29, 0.717) is 0 Å². The summed E-state index contributed by atoms with van der Waals surface area (Å²) >= 11 is 0. The highest BCUT2D eigenvalue weighted by Gasteiger charge is 2.17. The first-order valence-electron chi connectivity index (χ1n) is 6.94. The summed E-state index contributed by atoms with van der Waals surface area (Å²) in [5.41, 5.74) is 1.55. The Morgan fingerprint density at radius 1 is 1.20 bits per heavy atom. The van der Waals surface area contributed by atoms with Crippen molar-refractivity contribution in [3.05, 3.63) is 29.8 Å². The normalized spacial score (nSPS) is 17.9. The molecule has 1 fully saturated rings. The number of aliphatic hydroxyl groups excluding tert-OH is 1. The summed E-state index contributed by atoms with van der Waals surface area (Å²) in [6.07, 6.45) is 0. The highest BCUT2D eigenvalue weighted by molar-refractivity contribution is 5.74. The predicted octanol–water partition coefficient (Wildman–Crippen LogP) is 0.812. The lowest BCUT2D eigenvalue weighted by atomic mass is 10.3. The number of halogens is 1. The van der Waals surface area contributed by atoms with Gasteiger partial charge in [0.15, 0.2) is 0 Å². The summed E-state index contributed by atoms with van der Waals surface area (Å²) in [6, 6.07) is 4.61. The van der Waals surface area contributed by atoms with E-state index in [1.54, 1.807) is 6.07 Å². The molecule has 0 aliphatic carbocycles. The van der Waals surface area contributed by atoms with Gasteiger partial charge in [-0.3, -0.25) is 9.80 Å². The van der Waals surface area contributed by atoms with Crippen LogP contribution in [0.1, 0.15) is 5.82 Å². The number of nitrogens with zero attached hydrogens (tertiary/aromatic N) is 3. The van der Waals surface area contributed by atoms with Gasteiger partial charge in [0.25, 0.3) is 0 Å². The van der Waals surface area contributed by atoms with Gasteiger partial charge in [0, 0.05) is 32.7 Å². The van der Waals surface area contributed by atoms with Crippen molar-refractivity contribution in [2.24, 2.45) is 0 Å². The fourth-order valence-corrected chi connectivity index (χ4v) is 2.63. The summed E-state index contributed by atoms with van der Waals surface area (Å²) in [7, 11) is 0. The van der Waals surface area contributed by atoms with Crippen molar-refractivity contribution in [1.82, 2.24) is 19.8 Å². The van der Waals surface area contributed by atoms with E-state index in [1.165, 1.54) is 12.1 Å². The van der Waals surface area contributed by atoms with Gasteiger partial charge in [-0.15, -0.1) is 0 Å². The largest absolute Gasteiger partial charge is 0.395 e. The molecule has 3 rings (SSSR count). The zero-order valence-electron chi connectivity index (χ0n) is 11.3. The molecule has 0 spiro atoms. The number of benzene rings is 1. The molecule has 1 aromatic carbocycles. The van der Waals surface area contributed by atoms with Crippen molar-refractivity contribution in [2.45, 2.75) is 6.54 Å². The van der Waals surface area contributed by atoms with E-state index in [4.69, 9.17) is 5.11 Å². The molecule has 1 aromatic heterocycles. The number of aliphatic hydroxyl groups is 1. The van der Waals surface area contributed by atoms with Crippen LogP contribution in [0.4, 0.5) is 4.39 Å². The molecule has 6 heteroatoms. The molecule has 2 N–H and O–H groups in total. The van der Waals surface area contributed by atoms with Crippen molar-refractivity contribution in [1.29, 1.82) is 0 Å². The van der Waals surface area contributed by atoms with Gasteiger partial charge in [-0.2, -0.15) is 0 Å². The Morgan fingerprint density at radius 2 is 1.95 bits per heavy atom. The second-order valence-electron chi connectivity index (χ2n) is 5.19. The number of aromatic amines is 1. The molecule has 0 amide bonds. The van der Waals surface area contributed by atoms with Gasteiger partial charge >= 0.3 is 0 Å². The standard InChI is InChI=1S/C14H19FN4O/c15-11-1-2-12-13(9-11)17-14(16-12)10-19-5-3-18(4-6-19)7-8-20/h1-2,9,20H,3-8,10H2,(H,16,17). The highest BCUT2D eigenvalue weighted by atomic mass is 19.1. The van der Waals surface area contributed by atoms with Gasteiger partial charge in [-0.1, -0.05) is 0 Å². The number of hydrogen-bond acceptors (Lipinski definition) is 4. The quantitative estimate of drug-likeness (QED) is 0.869. The maximum Gasteiger partial charge on any atom is 0.125 e. The van der Waals surface area contributed by atoms with Crippen molar-refractivity contribution >= 4 is 11.0 Å². The number of hydrogen-bond donors (Lipinski definition) is 2. The smallest absolute Gasteiger partial charge is 0.125 e. The molecule has 0 radical (unpaired) electrons. The first kappa shape index (κ1) is 13.5. The Balaban J connectivity index is 1.62. The summed E-state index contributed by atoms with van der Waals surface area (Å²) in [5.74, 6) is 0.631. The Labute approximate surface area is 117 Å². The molecule has 1 aliphatic rings. The van der Waals surface area contributed by atoms with Gasteiger partial charge in [0.1, 0.15) is 11.6 Å². The number of imidazole rings is 1. The van der Waals surface area contributed by atoms with Crippen LogP contribution in [0.2, 0.25) is 0 Å². The van der Waals surface area contributed by atoms with E-state index in [2.05, 4.69) is 19.8 Å². The van der Waals surface area contributed by atoms with Crippen LogP contribution in [0.25, 0.3) is 11.0 Å². The van der Waals surface area contributed by atoms with Crippen molar-refractivity contribution in [3.8, 4) is 0 Å². The average Bonchev–Trinajstić information content (AvgIpc) is 2.82. The fraction of sp³-hybridized carbons (Fsp3) is 0.500. The minimum atomic E-state index is -0.245. The zero-order chi connectivity index (χ0) is 13.9. The van der Waals surface area contributed by atoms with Gasteiger partial charge in [-0.25, -0.2) is 9.37 Å². The third-order valence-electron chi connectivity index (χ3n) is 3.75. The number of β-amino-alcohol motifs (C(OH)–C–C–N with tert-alkyl or cyclic N) is 1. The molecule has 0 saturated carbocycles. The molecule has 108 valence electrons. The summed E-state index contributed by atoms with van der Waals surface area (Å²) in [6.45, 7) is 5.58. The van der Waals surface area contributed by atoms with E-state index in [1.807, 2.05) is 0 Å². The molecular formula is C14H19FN4O. The molecule has 1 saturated heterocycles. The third kappa shape index (κ3) is 2.98. The van der Waals surface area contributed by atoms with Gasteiger partial charge in [-0.05, 0) is 18.2 Å². The van der Waals surface area contributed by atoms with E-state index in [0.717, 1.165) is 56.1 Å². The number of rotatable bonds is 4. The van der Waals surface area contributed by atoms with Crippen LogP contribution in [0, 0.1) is 5.82 Å². The fourth-order valence-electron chi connectivity index (χ4n) is 2.63. The number of aromatic nitrogens is 2. The predicted molar refractivity (Wildman–Crippen MR) is 74.9 cm³/mol. The summed E-state index contributed by atoms with van der Waals surface area (Å²) in [4.78, 5) is 12.2. The lowest BCUT2D eigenvalue weighted by molar-refractivity contribution is 0.107. The number of nitrogens with one attached hydrogen (secondary N) is 1. The first-order chi connectivity index (χ1) is 9.74. The monoisotopic (exact) mass is 278 g/mol. The molecule has 1 aliphatic heterocycles. The van der Waals surface area contributed by atoms with E-state index in [-0.39, 0.29) is 12.4 Å². The molecule has 0 unspecified atom stereocenters. The van der Waals surface area contributed by atoms with E-state index < -0.39 is 0 Å². The Bertz CT molecular complexity index is 578. The first-order valence-corrected chi connectivity index (χ1v) is 6.94. The second kappa shape index (κ2) is 5.87. The van der Waals surface area contributed by atoms with E-state index >= 15 is 0 Å². The molecule has 2 aromatic rings. The van der Waals surface area contributed by atoms with Crippen LogP contribution < -0.4 is 0 Å². The Kier molecular flexibility index (Phi) is 3.95. The number of H-pyrrole nitrogens is 1. The molecule has 0 bridgehead atoms.